The predicted octanol–water partition coefficient (Wildman–Crippen LogP) is 3.85. The van der Waals surface area contributed by atoms with Gasteiger partial charge in [-0.3, -0.25) is 4.55 Å². The molecule has 0 aliphatic heterocycles. The van der Waals surface area contributed by atoms with Crippen LogP contribution in [-0.4, -0.2) is 18.5 Å². The van der Waals surface area contributed by atoms with Gasteiger partial charge in [0.25, 0.3) is 0 Å². The van der Waals surface area contributed by atoms with Crippen molar-refractivity contribution in [3.8, 4) is 0 Å². The van der Waals surface area contributed by atoms with Crippen LogP contribution in [0.15, 0.2) is 0 Å². The molecule has 0 fully saturated rings. The zero-order valence-corrected chi connectivity index (χ0v) is 13.1. The maximum absolute atomic E-state index is 10.7. The number of halogens is 3. The first kappa shape index (κ1) is 42.8. The van der Waals surface area contributed by atoms with Crippen molar-refractivity contribution in [1.29, 1.82) is 5.26 Å². The fraction of sp³-hybridized carbons (Fsp3) is 0.500. The molecule has 19 heavy (non-hydrogen) atoms. The van der Waals surface area contributed by atoms with Crippen LogP contribution in [0.5, 0.6) is 0 Å². The van der Waals surface area contributed by atoms with Crippen LogP contribution in [0.4, 0.5) is 13.2 Å². The molecule has 0 spiro atoms. The van der Waals surface area contributed by atoms with E-state index in [0.29, 0.717) is 0 Å². The maximum atomic E-state index is 10.7. The number of nitrogens with zero attached hydrogens (tertiary/aromatic N) is 1. The molecule has 0 amide bonds. The molecule has 0 aromatic carbocycles. The number of hydrogen-bond acceptors (Lipinski definition) is 3. The van der Waals surface area contributed by atoms with Gasteiger partial charge < -0.3 is 39.5 Å². The summed E-state index contributed by atoms with van der Waals surface area (Å²) in [4.78, 5) is 0. The Morgan fingerprint density at radius 2 is 0.947 bits per heavy atom. The van der Waals surface area contributed by atoms with Crippen LogP contribution in [-0.2, 0) is 27.2 Å². The third-order valence-electron chi connectivity index (χ3n) is 0.292. The quantitative estimate of drug-likeness (QED) is 0.310. The van der Waals surface area contributed by atoms with Crippen LogP contribution in [0.3, 0.4) is 0 Å². The van der Waals surface area contributed by atoms with Crippen molar-refractivity contribution in [2.24, 2.45) is 0 Å². The topological polar surface area (TPSA) is 78.2 Å². The summed E-state index contributed by atoms with van der Waals surface area (Å²) < 4.78 is 57.5. The number of rotatable bonds is 0. The van der Waals surface area contributed by atoms with Crippen molar-refractivity contribution >= 4 is 10.1 Å². The minimum Gasteiger partial charge on any atom is -0.512 e. The van der Waals surface area contributed by atoms with E-state index in [2.05, 4.69) is 27.7 Å². The van der Waals surface area contributed by atoms with Gasteiger partial charge in [0, 0.05) is 17.1 Å². The maximum Gasteiger partial charge on any atom is 0.522 e. The van der Waals surface area contributed by atoms with Crippen molar-refractivity contribution in [3.63, 3.8) is 0 Å². The van der Waals surface area contributed by atoms with Crippen LogP contribution in [0, 0.1) is 39.5 Å². The Morgan fingerprint density at radius 3 is 0.947 bits per heavy atom. The van der Waals surface area contributed by atoms with Gasteiger partial charge in [0.1, 0.15) is 0 Å². The van der Waals surface area contributed by atoms with Gasteiger partial charge in [0.05, 0.1) is 0 Å². The van der Waals surface area contributed by atoms with Crippen LogP contribution < -0.4 is 0 Å². The zero-order chi connectivity index (χ0) is 17.0. The molecule has 9 heteroatoms. The molecule has 0 aliphatic carbocycles. The Morgan fingerprint density at radius 1 is 0.895 bits per heavy atom. The first-order chi connectivity index (χ1) is 8.25. The van der Waals surface area contributed by atoms with Gasteiger partial charge in [-0.25, -0.2) is 0 Å². The molecule has 0 saturated heterocycles. The Kier molecular flexibility index (Phi) is 81.2. The normalized spacial score (nSPS) is 7.26. The summed E-state index contributed by atoms with van der Waals surface area (Å²) in [6, 6.07) is 0. The van der Waals surface area contributed by atoms with Gasteiger partial charge in [0.2, 0.25) is 0 Å². The molecule has 0 aromatic heterocycles. The smallest absolute Gasteiger partial charge is 0.512 e. The average molecular weight is 356 g/mol. The van der Waals surface area contributed by atoms with Crippen molar-refractivity contribution in [3.05, 3.63) is 34.3 Å². The molecule has 0 aromatic rings. The van der Waals surface area contributed by atoms with E-state index >= 15 is 0 Å². The van der Waals surface area contributed by atoms with Crippen molar-refractivity contribution in [1.82, 2.24) is 0 Å². The van der Waals surface area contributed by atoms with E-state index in [0.717, 1.165) is 0 Å². The fourth-order valence-corrected chi connectivity index (χ4v) is 0. The summed E-state index contributed by atoms with van der Waals surface area (Å²) in [7, 11) is -5.84. The summed E-state index contributed by atoms with van der Waals surface area (Å²) in [5.74, 6) is 0. The molecule has 127 valence electrons. The van der Waals surface area contributed by atoms with Gasteiger partial charge in [-0.1, -0.05) is 0 Å². The number of alkyl halides is 3. The third-order valence-corrected chi connectivity index (χ3v) is 0.877. The molecule has 4 nitrogen and oxygen atoms in total. The summed E-state index contributed by atoms with van der Waals surface area (Å²) in [6.45, 7) is 24.8. The van der Waals surface area contributed by atoms with Crippen molar-refractivity contribution < 1.29 is 43.2 Å². The first-order valence-electron chi connectivity index (χ1n) is 4.34. The predicted molar refractivity (Wildman–Crippen MR) is 66.7 cm³/mol. The van der Waals surface area contributed by atoms with E-state index in [1.165, 1.54) is 0 Å². The van der Waals surface area contributed by atoms with Gasteiger partial charge >= 0.3 is 15.6 Å². The van der Waals surface area contributed by atoms with Gasteiger partial charge in [-0.15, -0.1) is 0 Å². The third kappa shape index (κ3) is 57.6. The molecule has 0 heterocycles. The van der Waals surface area contributed by atoms with Crippen LogP contribution in [0.2, 0.25) is 0 Å². The second-order valence-corrected chi connectivity index (χ2v) is 2.33. The van der Waals surface area contributed by atoms with E-state index in [9.17, 15) is 13.2 Å². The second-order valence-electron chi connectivity index (χ2n) is 0.921. The molecular formula is C10H21CuF3NO3S-5. The summed E-state index contributed by atoms with van der Waals surface area (Å²) in [6.07, 6.45) is 0. The Hall–Kier alpha value is -0.291. The standard InChI is InChI=1S/4C2H5.CHF3O3S.CN.Cu/c4*1-2;2-1(3,4)8(5,6)7;1-2;/h4*1H2,2H3;(H,5,6,7);;/q4*-1;;-1;. The van der Waals surface area contributed by atoms with Crippen molar-refractivity contribution in [2.75, 3.05) is 0 Å². The summed E-state index contributed by atoms with van der Waals surface area (Å²) >= 11 is 0. The minimum absolute atomic E-state index is 0. The Balaban J connectivity index is -0.0000000223. The first-order valence-corrected chi connectivity index (χ1v) is 5.78. The molecular weight excluding hydrogens is 335 g/mol. The summed E-state index contributed by atoms with van der Waals surface area (Å²) in [5, 5.41) is 6.25. The van der Waals surface area contributed by atoms with Crippen LogP contribution in [0.1, 0.15) is 27.7 Å². The zero-order valence-electron chi connectivity index (χ0n) is 11.4. The van der Waals surface area contributed by atoms with E-state index in [1.54, 1.807) is 27.7 Å². The minimum atomic E-state index is -5.84. The van der Waals surface area contributed by atoms with Crippen LogP contribution in [0.25, 0.3) is 0 Å². The van der Waals surface area contributed by atoms with Gasteiger partial charge in [-0.2, -0.15) is 49.3 Å². The Bertz CT molecular complexity index is 218. The Labute approximate surface area is 126 Å². The molecule has 0 aliphatic rings. The molecule has 0 bridgehead atoms. The van der Waals surface area contributed by atoms with E-state index in [1.807, 2.05) is 0 Å². The molecule has 1 radical (unpaired) electrons. The van der Waals surface area contributed by atoms with Crippen molar-refractivity contribution in [2.45, 2.75) is 33.2 Å². The molecule has 0 unspecified atom stereocenters. The van der Waals surface area contributed by atoms with Gasteiger partial charge in [0.15, 0.2) is 0 Å². The molecule has 1 N–H and O–H groups in total. The monoisotopic (exact) mass is 355 g/mol. The summed E-state index contributed by atoms with van der Waals surface area (Å²) in [5.41, 5.74) is -5.53. The SMILES string of the molecule is O=S(=O)(O)C(F)(F)F.[C-]#N.[CH2-]C.[CH2-]C.[CH2-]C.[CH2-]C.[Cu]. The number of hydrogen-bond donors (Lipinski definition) is 1. The van der Waals surface area contributed by atoms with Gasteiger partial charge in [-0.05, 0) is 0 Å². The van der Waals surface area contributed by atoms with E-state index < -0.39 is 15.6 Å². The largest absolute Gasteiger partial charge is 0.522 e. The van der Waals surface area contributed by atoms with E-state index in [4.69, 9.17) is 24.8 Å². The van der Waals surface area contributed by atoms with Crippen LogP contribution >= 0.6 is 0 Å². The average Bonchev–Trinajstić information content (AvgIpc) is 2.39. The molecule has 0 saturated carbocycles. The van der Waals surface area contributed by atoms with E-state index in [-0.39, 0.29) is 17.1 Å². The molecule has 0 atom stereocenters. The second kappa shape index (κ2) is 36.1. The fourth-order valence-electron chi connectivity index (χ4n) is 0. The molecule has 0 rings (SSSR count).